The Hall–Kier alpha value is -2.20. The summed E-state index contributed by atoms with van der Waals surface area (Å²) in [7, 11) is 0. The minimum Gasteiger partial charge on any atom is -0.388 e. The zero-order valence-corrected chi connectivity index (χ0v) is 12.8. The third kappa shape index (κ3) is 3.96. The van der Waals surface area contributed by atoms with Crippen LogP contribution in [0.1, 0.15) is 11.1 Å². The molecule has 118 valence electrons. The Morgan fingerprint density at radius 3 is 1.43 bits per heavy atom. The van der Waals surface area contributed by atoms with Crippen LogP contribution in [0.25, 0.3) is 12.2 Å². The summed E-state index contributed by atoms with van der Waals surface area (Å²) < 4.78 is 0. The second-order valence-electron chi connectivity index (χ2n) is 5.74. The van der Waals surface area contributed by atoms with Crippen molar-refractivity contribution >= 4 is 12.2 Å². The predicted octanol–water partition coefficient (Wildman–Crippen LogP) is 2.48. The summed E-state index contributed by atoms with van der Waals surface area (Å²) in [5, 5.41) is 23.7. The summed E-state index contributed by atoms with van der Waals surface area (Å²) >= 11 is 0. The van der Waals surface area contributed by atoms with E-state index in [1.54, 1.807) is 0 Å². The van der Waals surface area contributed by atoms with Crippen LogP contribution in [0.5, 0.6) is 0 Å². The topological polar surface area (TPSA) is 52.5 Å². The van der Waals surface area contributed by atoms with Gasteiger partial charge in [0.1, 0.15) is 12.2 Å². The summed E-state index contributed by atoms with van der Waals surface area (Å²) in [4.78, 5) is 0. The van der Waals surface area contributed by atoms with Gasteiger partial charge in [-0.1, -0.05) is 85.0 Å². The van der Waals surface area contributed by atoms with E-state index in [1.165, 1.54) is 0 Å². The average Bonchev–Trinajstić information content (AvgIpc) is 2.88. The molecule has 0 aliphatic carbocycles. The number of nitrogens with one attached hydrogen (secondary N) is 1. The molecular weight excluding hydrogens is 286 g/mol. The van der Waals surface area contributed by atoms with Crippen molar-refractivity contribution < 1.29 is 10.2 Å². The number of aliphatic hydroxyl groups excluding tert-OH is 2. The van der Waals surface area contributed by atoms with Crippen LogP contribution < -0.4 is 5.32 Å². The Bertz CT molecular complexity index is 607. The van der Waals surface area contributed by atoms with Gasteiger partial charge in [-0.25, -0.2) is 0 Å². The van der Waals surface area contributed by atoms with Gasteiger partial charge in [0.25, 0.3) is 0 Å². The van der Waals surface area contributed by atoms with E-state index in [2.05, 4.69) is 5.32 Å². The summed E-state index contributed by atoms with van der Waals surface area (Å²) in [6.07, 6.45) is 6.08. The van der Waals surface area contributed by atoms with Crippen LogP contribution in [0.4, 0.5) is 0 Å². The molecule has 0 unspecified atom stereocenters. The van der Waals surface area contributed by atoms with E-state index < -0.39 is 12.2 Å². The van der Waals surface area contributed by atoms with Gasteiger partial charge in [0.2, 0.25) is 0 Å². The molecule has 0 aromatic heterocycles. The Morgan fingerprint density at radius 1 is 0.652 bits per heavy atom. The smallest absolute Gasteiger partial charge is 0.101 e. The maximum Gasteiger partial charge on any atom is 0.101 e. The summed E-state index contributed by atoms with van der Waals surface area (Å²) in [5.41, 5.74) is 2.14. The highest BCUT2D eigenvalue weighted by Gasteiger charge is 2.38. The monoisotopic (exact) mass is 307 g/mol. The van der Waals surface area contributed by atoms with Gasteiger partial charge in [-0.2, -0.15) is 0 Å². The van der Waals surface area contributed by atoms with Crippen LogP contribution in [-0.4, -0.2) is 34.5 Å². The predicted molar refractivity (Wildman–Crippen MR) is 93.7 cm³/mol. The van der Waals surface area contributed by atoms with E-state index in [9.17, 15) is 10.2 Å². The lowest BCUT2D eigenvalue weighted by Crippen LogP contribution is -2.31. The Labute approximate surface area is 136 Å². The summed E-state index contributed by atoms with van der Waals surface area (Å²) in [6.45, 7) is 0. The molecule has 3 rings (SSSR count). The first-order chi connectivity index (χ1) is 11.2. The number of benzene rings is 2. The van der Waals surface area contributed by atoms with E-state index in [0.717, 1.165) is 11.1 Å². The molecule has 1 saturated heterocycles. The van der Waals surface area contributed by atoms with Gasteiger partial charge >= 0.3 is 0 Å². The van der Waals surface area contributed by atoms with Gasteiger partial charge in [0, 0.05) is 0 Å². The fraction of sp³-hybridized carbons (Fsp3) is 0.200. The second-order valence-corrected chi connectivity index (χ2v) is 5.74. The molecule has 3 N–H and O–H groups in total. The molecule has 3 nitrogen and oxygen atoms in total. The van der Waals surface area contributed by atoms with Crippen molar-refractivity contribution in [3.8, 4) is 0 Å². The highest BCUT2D eigenvalue weighted by Crippen LogP contribution is 2.18. The zero-order valence-electron chi connectivity index (χ0n) is 12.8. The van der Waals surface area contributed by atoms with E-state index in [1.807, 2.05) is 85.0 Å². The highest BCUT2D eigenvalue weighted by atomic mass is 16.3. The van der Waals surface area contributed by atoms with Gasteiger partial charge in [0.05, 0.1) is 12.1 Å². The standard InChI is InChI=1S/C20H21NO2/c22-19-17(13-11-15-7-3-1-4-8-15)21-18(20(19)23)14-12-16-9-5-2-6-10-16/h1-14,17-23H/b13-11+,14-12+/t17-,18-,19+,20+/m1/s1. The van der Waals surface area contributed by atoms with E-state index in [-0.39, 0.29) is 12.1 Å². The maximum absolute atomic E-state index is 10.2. The molecule has 1 aliphatic heterocycles. The van der Waals surface area contributed by atoms with Crippen molar-refractivity contribution in [1.29, 1.82) is 0 Å². The average molecular weight is 307 g/mol. The van der Waals surface area contributed by atoms with E-state index in [0.29, 0.717) is 0 Å². The maximum atomic E-state index is 10.2. The molecular formula is C20H21NO2. The van der Waals surface area contributed by atoms with Crippen LogP contribution in [0.15, 0.2) is 72.8 Å². The van der Waals surface area contributed by atoms with Crippen molar-refractivity contribution in [3.63, 3.8) is 0 Å². The third-order valence-electron chi connectivity index (χ3n) is 4.06. The first-order valence-electron chi connectivity index (χ1n) is 7.83. The normalized spacial score (nSPS) is 27.9. The van der Waals surface area contributed by atoms with Gasteiger partial charge in [0.15, 0.2) is 0 Å². The SMILES string of the molecule is O[C@@H]1[C@@H](O)[C@@H](/C=C/c2ccccc2)N[C@@H]1/C=C/c1ccccc1. The van der Waals surface area contributed by atoms with Crippen LogP contribution in [0.3, 0.4) is 0 Å². The molecule has 2 aromatic carbocycles. The lowest BCUT2D eigenvalue weighted by molar-refractivity contribution is 0.0396. The first kappa shape index (κ1) is 15.7. The molecule has 0 saturated carbocycles. The van der Waals surface area contributed by atoms with Gasteiger partial charge in [-0.3, -0.25) is 5.32 Å². The number of aliphatic hydroxyl groups is 2. The minimum absolute atomic E-state index is 0.268. The number of hydrogen-bond acceptors (Lipinski definition) is 3. The molecule has 4 atom stereocenters. The van der Waals surface area contributed by atoms with E-state index in [4.69, 9.17) is 0 Å². The second kappa shape index (κ2) is 7.38. The van der Waals surface area contributed by atoms with Crippen LogP contribution in [0.2, 0.25) is 0 Å². The third-order valence-corrected chi connectivity index (χ3v) is 4.06. The Balaban J connectivity index is 1.66. The fourth-order valence-corrected chi connectivity index (χ4v) is 2.74. The van der Waals surface area contributed by atoms with Crippen molar-refractivity contribution in [2.75, 3.05) is 0 Å². The Kier molecular flexibility index (Phi) is 5.03. The zero-order chi connectivity index (χ0) is 16.1. The number of rotatable bonds is 4. The largest absolute Gasteiger partial charge is 0.388 e. The molecule has 3 heteroatoms. The molecule has 0 bridgehead atoms. The lowest BCUT2D eigenvalue weighted by atomic mass is 10.1. The Morgan fingerprint density at radius 2 is 1.04 bits per heavy atom. The van der Waals surface area contributed by atoms with Crippen LogP contribution in [-0.2, 0) is 0 Å². The summed E-state index contributed by atoms with van der Waals surface area (Å²) in [6, 6.07) is 19.3. The lowest BCUT2D eigenvalue weighted by Gasteiger charge is -2.12. The van der Waals surface area contributed by atoms with Crippen LogP contribution in [0, 0.1) is 0 Å². The van der Waals surface area contributed by atoms with Gasteiger partial charge in [-0.15, -0.1) is 0 Å². The molecule has 1 fully saturated rings. The molecule has 0 radical (unpaired) electrons. The molecule has 0 amide bonds. The molecule has 2 aromatic rings. The van der Waals surface area contributed by atoms with Gasteiger partial charge < -0.3 is 10.2 Å². The molecule has 0 spiro atoms. The molecule has 1 aliphatic rings. The van der Waals surface area contributed by atoms with E-state index >= 15 is 0 Å². The van der Waals surface area contributed by atoms with Crippen LogP contribution >= 0.6 is 0 Å². The summed E-state index contributed by atoms with van der Waals surface area (Å²) in [5.74, 6) is 0. The quantitative estimate of drug-likeness (QED) is 0.813. The molecule has 1 heterocycles. The molecule has 23 heavy (non-hydrogen) atoms. The van der Waals surface area contributed by atoms with Gasteiger partial charge in [-0.05, 0) is 11.1 Å². The highest BCUT2D eigenvalue weighted by molar-refractivity contribution is 5.51. The first-order valence-corrected chi connectivity index (χ1v) is 7.83. The van der Waals surface area contributed by atoms with Crippen molar-refractivity contribution in [1.82, 2.24) is 5.32 Å². The van der Waals surface area contributed by atoms with Crippen molar-refractivity contribution in [2.24, 2.45) is 0 Å². The minimum atomic E-state index is -0.819. The fourth-order valence-electron chi connectivity index (χ4n) is 2.74. The number of hydrogen-bond donors (Lipinski definition) is 3. The van der Waals surface area contributed by atoms with Crippen molar-refractivity contribution in [3.05, 3.63) is 83.9 Å². The van der Waals surface area contributed by atoms with Crippen molar-refractivity contribution in [2.45, 2.75) is 24.3 Å².